The molecule has 0 amide bonds. The van der Waals surface area contributed by atoms with Gasteiger partial charge in [0, 0.05) is 12.8 Å². The molecule has 0 radical (unpaired) electrons. The zero-order valence-electron chi connectivity index (χ0n) is 18.1. The summed E-state index contributed by atoms with van der Waals surface area (Å²) in [4.78, 5) is 36.5. The monoisotopic (exact) mass is 396 g/mol. The first-order valence-corrected chi connectivity index (χ1v) is 11.4. The van der Waals surface area contributed by atoms with Crippen LogP contribution in [0.4, 0.5) is 0 Å². The van der Waals surface area contributed by atoms with Crippen molar-refractivity contribution in [2.45, 2.75) is 110 Å². The standard InChI is InChI=1S/C23H40O5/c1-3-27-21(25)17-13-9-7-5-6-8-10-14-18-23(22(26)28-4-2)19-15-11-12-16-20(23)24/h3-19H2,1-2H3. The Kier molecular flexibility index (Phi) is 12.8. The maximum atomic E-state index is 12.7. The molecule has 5 heteroatoms. The Morgan fingerprint density at radius 1 is 0.821 bits per heavy atom. The molecule has 0 N–H and O–H groups in total. The predicted molar refractivity (Wildman–Crippen MR) is 110 cm³/mol. The van der Waals surface area contributed by atoms with Crippen molar-refractivity contribution in [3.05, 3.63) is 0 Å². The molecule has 1 unspecified atom stereocenters. The molecule has 0 bridgehead atoms. The Labute approximate surface area is 170 Å². The molecule has 0 aromatic carbocycles. The third kappa shape index (κ3) is 8.74. The SMILES string of the molecule is CCOC(=O)CCCCCCCCCCC1(C(=O)OCC)CCCCCC1=O. The van der Waals surface area contributed by atoms with E-state index < -0.39 is 5.41 Å². The average molecular weight is 397 g/mol. The Morgan fingerprint density at radius 3 is 2.07 bits per heavy atom. The van der Waals surface area contributed by atoms with Gasteiger partial charge in [-0.1, -0.05) is 57.8 Å². The Hall–Kier alpha value is -1.39. The van der Waals surface area contributed by atoms with Crippen LogP contribution in [-0.2, 0) is 23.9 Å². The van der Waals surface area contributed by atoms with E-state index >= 15 is 0 Å². The van der Waals surface area contributed by atoms with Crippen molar-refractivity contribution < 1.29 is 23.9 Å². The molecule has 0 aromatic heterocycles. The van der Waals surface area contributed by atoms with Crippen LogP contribution in [0.3, 0.4) is 0 Å². The topological polar surface area (TPSA) is 69.7 Å². The van der Waals surface area contributed by atoms with Crippen LogP contribution in [0.15, 0.2) is 0 Å². The maximum absolute atomic E-state index is 12.7. The molecule has 0 saturated heterocycles. The third-order valence-electron chi connectivity index (χ3n) is 5.75. The van der Waals surface area contributed by atoms with Gasteiger partial charge in [0.05, 0.1) is 13.2 Å². The summed E-state index contributed by atoms with van der Waals surface area (Å²) < 4.78 is 10.2. The van der Waals surface area contributed by atoms with Crippen molar-refractivity contribution in [2.75, 3.05) is 13.2 Å². The molecule has 0 spiro atoms. The molecule has 1 aliphatic rings. The van der Waals surface area contributed by atoms with Gasteiger partial charge >= 0.3 is 11.9 Å². The fourth-order valence-electron chi connectivity index (χ4n) is 4.11. The van der Waals surface area contributed by atoms with Gasteiger partial charge in [-0.15, -0.1) is 0 Å². The number of Topliss-reactive ketones (excluding diaryl/α,β-unsaturated/α-hetero) is 1. The number of esters is 2. The van der Waals surface area contributed by atoms with Gasteiger partial charge in [-0.05, 0) is 39.5 Å². The van der Waals surface area contributed by atoms with Gasteiger partial charge in [0.1, 0.15) is 11.2 Å². The first-order valence-electron chi connectivity index (χ1n) is 11.4. The average Bonchev–Trinajstić information content (AvgIpc) is 2.86. The van der Waals surface area contributed by atoms with Gasteiger partial charge in [-0.2, -0.15) is 0 Å². The Morgan fingerprint density at radius 2 is 1.43 bits per heavy atom. The highest BCUT2D eigenvalue weighted by atomic mass is 16.5. The van der Waals surface area contributed by atoms with Gasteiger partial charge in [0.2, 0.25) is 0 Å². The maximum Gasteiger partial charge on any atom is 0.319 e. The predicted octanol–water partition coefficient (Wildman–Crippen LogP) is 5.53. The summed E-state index contributed by atoms with van der Waals surface area (Å²) in [6.45, 7) is 4.43. The van der Waals surface area contributed by atoms with Crippen molar-refractivity contribution in [3.8, 4) is 0 Å². The second-order valence-electron chi connectivity index (χ2n) is 7.92. The van der Waals surface area contributed by atoms with Gasteiger partial charge in [-0.3, -0.25) is 14.4 Å². The first kappa shape index (κ1) is 24.6. The molecule has 1 atom stereocenters. The molecule has 0 aromatic rings. The van der Waals surface area contributed by atoms with Crippen LogP contribution < -0.4 is 0 Å². The fraction of sp³-hybridized carbons (Fsp3) is 0.870. The summed E-state index contributed by atoms with van der Waals surface area (Å²) in [5.41, 5.74) is -0.875. The summed E-state index contributed by atoms with van der Waals surface area (Å²) in [5, 5.41) is 0. The molecule has 28 heavy (non-hydrogen) atoms. The second-order valence-corrected chi connectivity index (χ2v) is 7.92. The van der Waals surface area contributed by atoms with E-state index in [0.29, 0.717) is 38.9 Å². The highest BCUT2D eigenvalue weighted by Gasteiger charge is 2.46. The van der Waals surface area contributed by atoms with Gasteiger partial charge < -0.3 is 9.47 Å². The fourth-order valence-corrected chi connectivity index (χ4v) is 4.11. The molecule has 0 aliphatic heterocycles. The minimum absolute atomic E-state index is 0.0916. The number of carbonyl (C=O) groups excluding carboxylic acids is 3. The lowest BCUT2D eigenvalue weighted by Crippen LogP contribution is -2.40. The molecule has 0 heterocycles. The zero-order chi connectivity index (χ0) is 20.7. The largest absolute Gasteiger partial charge is 0.466 e. The van der Waals surface area contributed by atoms with E-state index in [2.05, 4.69) is 0 Å². The van der Waals surface area contributed by atoms with E-state index in [1.165, 1.54) is 12.8 Å². The summed E-state index contributed by atoms with van der Waals surface area (Å²) in [7, 11) is 0. The van der Waals surface area contributed by atoms with Crippen LogP contribution in [0.1, 0.15) is 110 Å². The van der Waals surface area contributed by atoms with Crippen molar-refractivity contribution >= 4 is 17.7 Å². The van der Waals surface area contributed by atoms with E-state index in [4.69, 9.17) is 9.47 Å². The van der Waals surface area contributed by atoms with E-state index in [0.717, 1.165) is 57.8 Å². The second kappa shape index (κ2) is 14.6. The smallest absolute Gasteiger partial charge is 0.319 e. The van der Waals surface area contributed by atoms with Crippen LogP contribution in [0.25, 0.3) is 0 Å². The molecule has 162 valence electrons. The molecule has 1 rings (SSSR count). The van der Waals surface area contributed by atoms with Crippen LogP contribution in [0, 0.1) is 5.41 Å². The highest BCUT2D eigenvalue weighted by Crippen LogP contribution is 2.38. The lowest BCUT2D eigenvalue weighted by atomic mass is 9.75. The number of hydrogen-bond donors (Lipinski definition) is 0. The Balaban J connectivity index is 2.22. The number of hydrogen-bond acceptors (Lipinski definition) is 5. The lowest BCUT2D eigenvalue weighted by Gasteiger charge is -2.28. The summed E-state index contributed by atoms with van der Waals surface area (Å²) in [6.07, 6.45) is 13.8. The number of rotatable bonds is 14. The van der Waals surface area contributed by atoms with Gasteiger partial charge in [-0.25, -0.2) is 0 Å². The minimum Gasteiger partial charge on any atom is -0.466 e. The number of carbonyl (C=O) groups is 3. The van der Waals surface area contributed by atoms with Crippen LogP contribution in [0.2, 0.25) is 0 Å². The third-order valence-corrected chi connectivity index (χ3v) is 5.75. The van der Waals surface area contributed by atoms with Crippen LogP contribution >= 0.6 is 0 Å². The normalized spacial score (nSPS) is 19.9. The summed E-state index contributed by atoms with van der Waals surface area (Å²) in [6, 6.07) is 0. The first-order chi connectivity index (χ1) is 13.6. The number of ketones is 1. The lowest BCUT2D eigenvalue weighted by molar-refractivity contribution is -0.161. The van der Waals surface area contributed by atoms with Gasteiger partial charge in [0.15, 0.2) is 0 Å². The van der Waals surface area contributed by atoms with Crippen molar-refractivity contribution in [1.82, 2.24) is 0 Å². The number of unbranched alkanes of at least 4 members (excludes halogenated alkanes) is 7. The van der Waals surface area contributed by atoms with Crippen LogP contribution in [0.5, 0.6) is 0 Å². The van der Waals surface area contributed by atoms with E-state index in [1.807, 2.05) is 6.92 Å². The molecule has 1 fully saturated rings. The molecular weight excluding hydrogens is 356 g/mol. The summed E-state index contributed by atoms with van der Waals surface area (Å²) >= 11 is 0. The molecular formula is C23H40O5. The van der Waals surface area contributed by atoms with Crippen molar-refractivity contribution in [2.24, 2.45) is 5.41 Å². The van der Waals surface area contributed by atoms with Crippen LogP contribution in [-0.4, -0.2) is 30.9 Å². The quantitative estimate of drug-likeness (QED) is 0.167. The molecule has 1 aliphatic carbocycles. The van der Waals surface area contributed by atoms with E-state index in [-0.39, 0.29) is 17.7 Å². The van der Waals surface area contributed by atoms with Gasteiger partial charge in [0.25, 0.3) is 0 Å². The summed E-state index contributed by atoms with van der Waals surface area (Å²) in [5.74, 6) is -0.278. The highest BCUT2D eigenvalue weighted by molar-refractivity contribution is 6.03. The number of ether oxygens (including phenoxy) is 2. The zero-order valence-corrected chi connectivity index (χ0v) is 18.1. The van der Waals surface area contributed by atoms with Crippen molar-refractivity contribution in [1.29, 1.82) is 0 Å². The molecule has 1 saturated carbocycles. The minimum atomic E-state index is -0.875. The van der Waals surface area contributed by atoms with E-state index in [9.17, 15) is 14.4 Å². The molecule has 5 nitrogen and oxygen atoms in total. The Bertz CT molecular complexity index is 474. The van der Waals surface area contributed by atoms with Crippen molar-refractivity contribution in [3.63, 3.8) is 0 Å². The van der Waals surface area contributed by atoms with E-state index in [1.54, 1.807) is 6.92 Å².